The first-order valence-electron chi connectivity index (χ1n) is 4.25. The highest BCUT2D eigenvalue weighted by molar-refractivity contribution is 5.38. The van der Waals surface area contributed by atoms with Gasteiger partial charge in [0, 0.05) is 26.3 Å². The summed E-state index contributed by atoms with van der Waals surface area (Å²) in [4.78, 5) is 6.29. The van der Waals surface area contributed by atoms with Gasteiger partial charge in [0.25, 0.3) is 0 Å². The summed E-state index contributed by atoms with van der Waals surface area (Å²) >= 11 is 0. The van der Waals surface area contributed by atoms with Crippen LogP contribution in [0, 0.1) is 0 Å². The molecular formula is C10H15N3. The number of nitrogens with two attached hydrogens (primary N) is 1. The van der Waals surface area contributed by atoms with Crippen LogP contribution < -0.4 is 10.6 Å². The molecule has 1 aromatic heterocycles. The zero-order chi connectivity index (χ0) is 9.68. The predicted molar refractivity (Wildman–Crippen MR) is 55.6 cm³/mol. The van der Waals surface area contributed by atoms with Crippen LogP contribution in [-0.4, -0.2) is 18.6 Å². The Morgan fingerprint density at radius 2 is 2.38 bits per heavy atom. The number of nitrogens with zero attached hydrogens (tertiary/aromatic N) is 2. The van der Waals surface area contributed by atoms with E-state index >= 15 is 0 Å². The first-order chi connectivity index (χ1) is 6.27. The van der Waals surface area contributed by atoms with E-state index < -0.39 is 0 Å². The average Bonchev–Trinajstić information content (AvgIpc) is 2.18. The number of hydrogen-bond acceptors (Lipinski definition) is 3. The number of anilines is 1. The van der Waals surface area contributed by atoms with E-state index in [1.807, 2.05) is 30.2 Å². The van der Waals surface area contributed by atoms with E-state index in [4.69, 9.17) is 5.73 Å². The molecule has 3 heteroatoms. The Morgan fingerprint density at radius 3 is 2.85 bits per heavy atom. The van der Waals surface area contributed by atoms with Gasteiger partial charge in [-0.3, -0.25) is 0 Å². The van der Waals surface area contributed by atoms with Crippen LogP contribution in [0.3, 0.4) is 0 Å². The molecule has 1 rings (SSSR count). The summed E-state index contributed by atoms with van der Waals surface area (Å²) in [6.45, 7) is 5.01. The Balaban J connectivity index is 2.73. The highest BCUT2D eigenvalue weighted by Crippen LogP contribution is 2.08. The minimum atomic E-state index is 0.540. The van der Waals surface area contributed by atoms with Gasteiger partial charge >= 0.3 is 0 Å². The lowest BCUT2D eigenvalue weighted by Gasteiger charge is -2.15. The van der Waals surface area contributed by atoms with Crippen molar-refractivity contribution < 1.29 is 0 Å². The third-order valence-corrected chi connectivity index (χ3v) is 1.84. The van der Waals surface area contributed by atoms with Gasteiger partial charge in [-0.2, -0.15) is 0 Å². The van der Waals surface area contributed by atoms with Crippen LogP contribution in [-0.2, 0) is 6.54 Å². The van der Waals surface area contributed by atoms with E-state index in [1.54, 1.807) is 6.20 Å². The highest BCUT2D eigenvalue weighted by atomic mass is 15.1. The molecule has 0 atom stereocenters. The van der Waals surface area contributed by atoms with Crippen LogP contribution in [0.5, 0.6) is 0 Å². The van der Waals surface area contributed by atoms with Gasteiger partial charge in [0.2, 0.25) is 0 Å². The SMILES string of the molecule is C=CCN(C)c1ccc(CN)cn1. The Morgan fingerprint density at radius 1 is 1.62 bits per heavy atom. The second kappa shape index (κ2) is 4.62. The lowest BCUT2D eigenvalue weighted by molar-refractivity contribution is 0.973. The zero-order valence-electron chi connectivity index (χ0n) is 7.90. The zero-order valence-corrected chi connectivity index (χ0v) is 7.90. The Hall–Kier alpha value is -1.35. The molecule has 1 heterocycles. The van der Waals surface area contributed by atoms with Gasteiger partial charge in [-0.15, -0.1) is 6.58 Å². The molecule has 70 valence electrons. The average molecular weight is 177 g/mol. The van der Waals surface area contributed by atoms with E-state index in [-0.39, 0.29) is 0 Å². The van der Waals surface area contributed by atoms with E-state index in [2.05, 4.69) is 11.6 Å². The maximum Gasteiger partial charge on any atom is 0.128 e. The molecule has 13 heavy (non-hydrogen) atoms. The third kappa shape index (κ3) is 2.56. The Labute approximate surface area is 78.9 Å². The maximum absolute atomic E-state index is 5.46. The first kappa shape index (κ1) is 9.74. The van der Waals surface area contributed by atoms with Gasteiger partial charge in [0.15, 0.2) is 0 Å². The fraction of sp³-hybridized carbons (Fsp3) is 0.300. The third-order valence-electron chi connectivity index (χ3n) is 1.84. The van der Waals surface area contributed by atoms with Crippen LogP contribution in [0.25, 0.3) is 0 Å². The van der Waals surface area contributed by atoms with Gasteiger partial charge in [-0.1, -0.05) is 12.1 Å². The highest BCUT2D eigenvalue weighted by Gasteiger charge is 1.98. The summed E-state index contributed by atoms with van der Waals surface area (Å²) in [5.74, 6) is 0.942. The Kier molecular flexibility index (Phi) is 3.46. The van der Waals surface area contributed by atoms with E-state index in [1.165, 1.54) is 0 Å². The van der Waals surface area contributed by atoms with Crippen molar-refractivity contribution in [2.45, 2.75) is 6.54 Å². The van der Waals surface area contributed by atoms with E-state index in [9.17, 15) is 0 Å². The van der Waals surface area contributed by atoms with E-state index in [0.717, 1.165) is 17.9 Å². The maximum atomic E-state index is 5.46. The normalized spacial score (nSPS) is 9.69. The summed E-state index contributed by atoms with van der Waals surface area (Å²) in [7, 11) is 1.98. The number of hydrogen-bond donors (Lipinski definition) is 1. The lowest BCUT2D eigenvalue weighted by atomic mass is 10.3. The molecular weight excluding hydrogens is 162 g/mol. The monoisotopic (exact) mass is 177 g/mol. The molecule has 0 aliphatic heterocycles. The van der Waals surface area contributed by atoms with Crippen LogP contribution in [0.15, 0.2) is 31.0 Å². The van der Waals surface area contributed by atoms with E-state index in [0.29, 0.717) is 6.54 Å². The number of aromatic nitrogens is 1. The first-order valence-corrected chi connectivity index (χ1v) is 4.25. The van der Waals surface area contributed by atoms with Gasteiger partial charge in [0.1, 0.15) is 5.82 Å². The quantitative estimate of drug-likeness (QED) is 0.702. The summed E-state index contributed by atoms with van der Waals surface area (Å²) < 4.78 is 0. The number of rotatable bonds is 4. The van der Waals surface area contributed by atoms with Crippen molar-refractivity contribution in [2.24, 2.45) is 5.73 Å². The molecule has 0 saturated heterocycles. The van der Waals surface area contributed by atoms with Crippen molar-refractivity contribution in [3.8, 4) is 0 Å². The molecule has 0 aromatic carbocycles. The molecule has 0 fully saturated rings. The molecule has 2 N–H and O–H groups in total. The van der Waals surface area contributed by atoms with Crippen LogP contribution in [0.4, 0.5) is 5.82 Å². The molecule has 0 aliphatic carbocycles. The molecule has 0 aliphatic rings. The van der Waals surface area contributed by atoms with Crippen molar-refractivity contribution >= 4 is 5.82 Å². The smallest absolute Gasteiger partial charge is 0.128 e. The molecule has 3 nitrogen and oxygen atoms in total. The topological polar surface area (TPSA) is 42.1 Å². The number of likely N-dealkylation sites (N-methyl/N-ethyl adjacent to an activating group) is 1. The molecule has 0 spiro atoms. The minimum absolute atomic E-state index is 0.540. The van der Waals surface area contributed by atoms with Gasteiger partial charge in [-0.05, 0) is 11.6 Å². The largest absolute Gasteiger partial charge is 0.356 e. The molecule has 0 radical (unpaired) electrons. The van der Waals surface area contributed by atoms with Crippen molar-refractivity contribution in [3.05, 3.63) is 36.5 Å². The molecule has 1 aromatic rings. The molecule has 0 amide bonds. The van der Waals surface area contributed by atoms with Crippen LogP contribution >= 0.6 is 0 Å². The molecule has 0 saturated carbocycles. The summed E-state index contributed by atoms with van der Waals surface area (Å²) in [5.41, 5.74) is 6.52. The Bertz CT molecular complexity index is 266. The minimum Gasteiger partial charge on any atom is -0.356 e. The van der Waals surface area contributed by atoms with Crippen molar-refractivity contribution in [3.63, 3.8) is 0 Å². The fourth-order valence-corrected chi connectivity index (χ4v) is 1.05. The molecule has 0 unspecified atom stereocenters. The second-order valence-corrected chi connectivity index (χ2v) is 2.90. The summed E-state index contributed by atoms with van der Waals surface area (Å²) in [5, 5.41) is 0. The fourth-order valence-electron chi connectivity index (χ4n) is 1.05. The van der Waals surface area contributed by atoms with Gasteiger partial charge < -0.3 is 10.6 Å². The van der Waals surface area contributed by atoms with Gasteiger partial charge in [-0.25, -0.2) is 4.98 Å². The van der Waals surface area contributed by atoms with Crippen molar-refractivity contribution in [2.75, 3.05) is 18.5 Å². The van der Waals surface area contributed by atoms with Crippen LogP contribution in [0.1, 0.15) is 5.56 Å². The van der Waals surface area contributed by atoms with Crippen molar-refractivity contribution in [1.82, 2.24) is 4.98 Å². The summed E-state index contributed by atoms with van der Waals surface area (Å²) in [6.07, 6.45) is 3.65. The number of pyridine rings is 1. The lowest BCUT2D eigenvalue weighted by Crippen LogP contribution is -2.17. The second-order valence-electron chi connectivity index (χ2n) is 2.90. The molecule has 0 bridgehead atoms. The van der Waals surface area contributed by atoms with Gasteiger partial charge in [0.05, 0.1) is 0 Å². The predicted octanol–water partition coefficient (Wildman–Crippen LogP) is 1.16. The summed E-state index contributed by atoms with van der Waals surface area (Å²) in [6, 6.07) is 3.95. The van der Waals surface area contributed by atoms with Crippen LogP contribution in [0.2, 0.25) is 0 Å². The van der Waals surface area contributed by atoms with Crippen molar-refractivity contribution in [1.29, 1.82) is 0 Å². The standard InChI is InChI=1S/C10H15N3/c1-3-6-13(2)10-5-4-9(7-11)8-12-10/h3-5,8H,1,6-7,11H2,2H3.